The molecular formula is C15H16N4O2. The summed E-state index contributed by atoms with van der Waals surface area (Å²) in [4.78, 5) is 16.4. The van der Waals surface area contributed by atoms with Crippen molar-refractivity contribution in [2.45, 2.75) is 26.3 Å². The molecule has 1 amide bonds. The van der Waals surface area contributed by atoms with Crippen LogP contribution in [0.15, 0.2) is 41.3 Å². The minimum atomic E-state index is -0.233. The maximum Gasteiger partial charge on any atom is 0.253 e. The molecule has 3 heterocycles. The Morgan fingerprint density at radius 1 is 1.48 bits per heavy atom. The number of carbonyl (C=O) groups is 1. The number of aromatic nitrogens is 3. The quantitative estimate of drug-likeness (QED) is 0.798. The van der Waals surface area contributed by atoms with Gasteiger partial charge in [0.15, 0.2) is 5.76 Å². The third-order valence-electron chi connectivity index (χ3n) is 3.36. The fraction of sp³-hybridized carbons (Fsp3) is 0.267. The first-order chi connectivity index (χ1) is 10.2. The summed E-state index contributed by atoms with van der Waals surface area (Å²) in [6, 6.07) is 5.19. The van der Waals surface area contributed by atoms with Crippen LogP contribution < -0.4 is 5.32 Å². The van der Waals surface area contributed by atoms with Crippen LogP contribution in [0.5, 0.6) is 0 Å². The lowest BCUT2D eigenvalue weighted by Gasteiger charge is -2.10. The topological polar surface area (TPSA) is 72.4 Å². The minimum Gasteiger partial charge on any atom is -0.359 e. The first-order valence-electron chi connectivity index (χ1n) is 6.86. The van der Waals surface area contributed by atoms with E-state index >= 15 is 0 Å². The van der Waals surface area contributed by atoms with Gasteiger partial charge in [-0.1, -0.05) is 12.1 Å². The highest BCUT2D eigenvalue weighted by Gasteiger charge is 2.16. The number of nitrogens with one attached hydrogen (secondary N) is 1. The van der Waals surface area contributed by atoms with Crippen molar-refractivity contribution in [3.05, 3.63) is 53.8 Å². The first kappa shape index (κ1) is 13.4. The van der Waals surface area contributed by atoms with E-state index in [9.17, 15) is 4.79 Å². The van der Waals surface area contributed by atoms with Crippen molar-refractivity contribution in [1.29, 1.82) is 0 Å². The van der Waals surface area contributed by atoms with Gasteiger partial charge in [-0.05, 0) is 25.5 Å². The van der Waals surface area contributed by atoms with Gasteiger partial charge in [0, 0.05) is 24.7 Å². The molecular weight excluding hydrogens is 268 g/mol. The second kappa shape index (κ2) is 5.40. The normalized spacial score (nSPS) is 12.5. The molecule has 3 rings (SSSR count). The van der Waals surface area contributed by atoms with Gasteiger partial charge in [0.05, 0.1) is 17.3 Å². The number of hydrogen-bond donors (Lipinski definition) is 1. The molecule has 3 aromatic heterocycles. The predicted octanol–water partition coefficient (Wildman–Crippen LogP) is 2.38. The van der Waals surface area contributed by atoms with E-state index in [0.29, 0.717) is 11.3 Å². The van der Waals surface area contributed by atoms with Gasteiger partial charge in [-0.2, -0.15) is 0 Å². The van der Waals surface area contributed by atoms with E-state index in [1.54, 1.807) is 24.7 Å². The van der Waals surface area contributed by atoms with Gasteiger partial charge in [0.2, 0.25) is 0 Å². The summed E-state index contributed by atoms with van der Waals surface area (Å²) in [6.07, 6.45) is 6.06. The number of amides is 1. The second-order valence-corrected chi connectivity index (χ2v) is 4.88. The highest BCUT2D eigenvalue weighted by atomic mass is 16.5. The molecule has 0 spiro atoms. The Labute approximate surface area is 121 Å². The first-order valence-corrected chi connectivity index (χ1v) is 6.86. The summed E-state index contributed by atoms with van der Waals surface area (Å²) >= 11 is 0. The van der Waals surface area contributed by atoms with Crippen LogP contribution in [0.4, 0.5) is 0 Å². The van der Waals surface area contributed by atoms with Crippen molar-refractivity contribution in [3.8, 4) is 0 Å². The van der Waals surface area contributed by atoms with Gasteiger partial charge in [0.1, 0.15) is 5.65 Å². The summed E-state index contributed by atoms with van der Waals surface area (Å²) in [5, 5.41) is 6.83. The lowest BCUT2D eigenvalue weighted by molar-refractivity contribution is 0.0933. The Kier molecular flexibility index (Phi) is 3.43. The summed E-state index contributed by atoms with van der Waals surface area (Å²) in [5.41, 5.74) is 2.26. The molecule has 1 N–H and O–H groups in total. The van der Waals surface area contributed by atoms with E-state index in [-0.39, 0.29) is 11.9 Å². The molecule has 1 atom stereocenters. The van der Waals surface area contributed by atoms with Crippen LogP contribution in [0.25, 0.3) is 5.65 Å². The molecule has 0 aliphatic rings. The largest absolute Gasteiger partial charge is 0.359 e. The monoisotopic (exact) mass is 284 g/mol. The van der Waals surface area contributed by atoms with Crippen LogP contribution in [0.1, 0.15) is 41.7 Å². The highest BCUT2D eigenvalue weighted by molar-refractivity contribution is 5.94. The fourth-order valence-corrected chi connectivity index (χ4v) is 2.10. The summed E-state index contributed by atoms with van der Waals surface area (Å²) in [7, 11) is 0. The Hall–Kier alpha value is -2.63. The smallest absolute Gasteiger partial charge is 0.253 e. The number of nitrogens with zero attached hydrogens (tertiary/aromatic N) is 3. The van der Waals surface area contributed by atoms with E-state index in [0.717, 1.165) is 17.8 Å². The fourth-order valence-electron chi connectivity index (χ4n) is 2.10. The molecule has 0 bridgehead atoms. The molecule has 0 saturated carbocycles. The van der Waals surface area contributed by atoms with E-state index in [2.05, 4.69) is 15.5 Å². The minimum absolute atomic E-state index is 0.160. The highest BCUT2D eigenvalue weighted by Crippen LogP contribution is 2.15. The van der Waals surface area contributed by atoms with Crippen molar-refractivity contribution < 1.29 is 9.32 Å². The van der Waals surface area contributed by atoms with Gasteiger partial charge in [-0.25, -0.2) is 4.98 Å². The van der Waals surface area contributed by atoms with Crippen LogP contribution in [-0.2, 0) is 6.42 Å². The number of pyridine rings is 1. The molecule has 108 valence electrons. The van der Waals surface area contributed by atoms with Crippen LogP contribution >= 0.6 is 0 Å². The Balaban J connectivity index is 1.75. The standard InChI is InChI=1S/C15H16N4O2/c1-3-12-8-13(21-18-12)10(2)17-15(20)11-4-5-14-16-6-7-19(14)9-11/h4-10H,3H2,1-2H3,(H,17,20)/t10-/m0/s1. The van der Waals surface area contributed by atoms with Crippen LogP contribution in [0.2, 0.25) is 0 Å². The molecule has 0 unspecified atom stereocenters. The van der Waals surface area contributed by atoms with E-state index in [1.807, 2.05) is 30.4 Å². The maximum atomic E-state index is 12.3. The van der Waals surface area contributed by atoms with Crippen molar-refractivity contribution in [2.75, 3.05) is 0 Å². The average molecular weight is 284 g/mol. The molecule has 0 radical (unpaired) electrons. The zero-order chi connectivity index (χ0) is 14.8. The Morgan fingerprint density at radius 3 is 3.10 bits per heavy atom. The number of aryl methyl sites for hydroxylation is 1. The molecule has 6 nitrogen and oxygen atoms in total. The average Bonchev–Trinajstić information content (AvgIpc) is 3.15. The van der Waals surface area contributed by atoms with Crippen molar-refractivity contribution in [1.82, 2.24) is 19.9 Å². The van der Waals surface area contributed by atoms with Crippen LogP contribution in [0.3, 0.4) is 0 Å². The van der Waals surface area contributed by atoms with Crippen LogP contribution in [0, 0.1) is 0 Å². The van der Waals surface area contributed by atoms with Crippen molar-refractivity contribution in [3.63, 3.8) is 0 Å². The molecule has 0 aromatic carbocycles. The van der Waals surface area contributed by atoms with E-state index in [1.165, 1.54) is 0 Å². The zero-order valence-corrected chi connectivity index (χ0v) is 11.9. The van der Waals surface area contributed by atoms with Crippen molar-refractivity contribution >= 4 is 11.6 Å². The number of hydrogen-bond acceptors (Lipinski definition) is 4. The Morgan fingerprint density at radius 2 is 2.33 bits per heavy atom. The Bertz CT molecular complexity index is 775. The molecule has 6 heteroatoms. The molecule has 0 aliphatic heterocycles. The molecule has 21 heavy (non-hydrogen) atoms. The van der Waals surface area contributed by atoms with Gasteiger partial charge in [0.25, 0.3) is 5.91 Å². The van der Waals surface area contributed by atoms with E-state index < -0.39 is 0 Å². The zero-order valence-electron chi connectivity index (χ0n) is 11.9. The number of fused-ring (bicyclic) bond motifs is 1. The summed E-state index contributed by atoms with van der Waals surface area (Å²) in [5.74, 6) is 0.497. The number of rotatable bonds is 4. The molecule has 0 saturated heterocycles. The summed E-state index contributed by atoms with van der Waals surface area (Å²) < 4.78 is 7.04. The maximum absolute atomic E-state index is 12.3. The lowest BCUT2D eigenvalue weighted by Crippen LogP contribution is -2.26. The number of imidazole rings is 1. The van der Waals surface area contributed by atoms with E-state index in [4.69, 9.17) is 4.52 Å². The van der Waals surface area contributed by atoms with Gasteiger partial charge < -0.3 is 14.2 Å². The third kappa shape index (κ3) is 2.65. The predicted molar refractivity (Wildman–Crippen MR) is 77.0 cm³/mol. The summed E-state index contributed by atoms with van der Waals surface area (Å²) in [6.45, 7) is 3.87. The van der Waals surface area contributed by atoms with Gasteiger partial charge in [-0.15, -0.1) is 0 Å². The SMILES string of the molecule is CCc1cc([C@H](C)NC(=O)c2ccc3nccn3c2)on1. The van der Waals surface area contributed by atoms with Crippen molar-refractivity contribution in [2.24, 2.45) is 0 Å². The second-order valence-electron chi connectivity index (χ2n) is 4.88. The lowest BCUT2D eigenvalue weighted by atomic mass is 10.2. The molecule has 0 fully saturated rings. The third-order valence-corrected chi connectivity index (χ3v) is 3.36. The molecule has 0 aliphatic carbocycles. The number of carbonyl (C=O) groups excluding carboxylic acids is 1. The van der Waals surface area contributed by atoms with Gasteiger partial charge >= 0.3 is 0 Å². The van der Waals surface area contributed by atoms with Crippen LogP contribution in [-0.4, -0.2) is 20.4 Å². The molecule has 3 aromatic rings. The van der Waals surface area contributed by atoms with Gasteiger partial charge in [-0.3, -0.25) is 4.79 Å².